The van der Waals surface area contributed by atoms with Gasteiger partial charge in [0.25, 0.3) is 0 Å². The monoisotopic (exact) mass is 228 g/mol. The number of nitrogens with two attached hydrogens (primary N) is 2. The van der Waals surface area contributed by atoms with Crippen molar-refractivity contribution in [2.45, 2.75) is 12.5 Å². The van der Waals surface area contributed by atoms with Gasteiger partial charge in [0.2, 0.25) is 0 Å². The lowest BCUT2D eigenvalue weighted by Gasteiger charge is -2.16. The molecule has 5 N–H and O–H groups in total. The first kappa shape index (κ1) is 11.6. The van der Waals surface area contributed by atoms with Crippen LogP contribution in [-0.2, 0) is 6.42 Å². The molecule has 4 nitrogen and oxygen atoms in total. The molecule has 0 spiro atoms. The first-order valence-corrected chi connectivity index (χ1v) is 5.51. The molecule has 0 aliphatic carbocycles. The van der Waals surface area contributed by atoms with Gasteiger partial charge in [-0.05, 0) is 29.7 Å². The van der Waals surface area contributed by atoms with Gasteiger partial charge in [-0.15, -0.1) is 0 Å². The summed E-state index contributed by atoms with van der Waals surface area (Å²) in [5.74, 6) is 6.13. The Morgan fingerprint density at radius 2 is 1.94 bits per heavy atom. The molecular weight excluding hydrogens is 212 g/mol. The summed E-state index contributed by atoms with van der Waals surface area (Å²) in [4.78, 5) is 3.97. The number of hydrogen-bond donors (Lipinski definition) is 3. The van der Waals surface area contributed by atoms with E-state index in [2.05, 4.69) is 22.5 Å². The fraction of sp³-hybridized carbons (Fsp3) is 0.154. The van der Waals surface area contributed by atoms with Gasteiger partial charge in [0.15, 0.2) is 0 Å². The molecule has 1 atom stereocenters. The molecule has 0 radical (unpaired) electrons. The lowest BCUT2D eigenvalue weighted by atomic mass is 10.00. The standard InChI is InChI=1S/C13H16N4/c14-13-9-10(6-7-16-13)8-12(17-15)11-4-2-1-3-5-11/h1-7,9,12,17H,8,15H2,(H2,14,16). The van der Waals surface area contributed by atoms with Crippen LogP contribution < -0.4 is 17.0 Å². The predicted molar refractivity (Wildman–Crippen MR) is 68.9 cm³/mol. The average Bonchev–Trinajstić information content (AvgIpc) is 2.37. The molecule has 1 heterocycles. The van der Waals surface area contributed by atoms with Crippen molar-refractivity contribution in [3.8, 4) is 0 Å². The molecule has 0 bridgehead atoms. The summed E-state index contributed by atoms with van der Waals surface area (Å²) in [7, 11) is 0. The largest absolute Gasteiger partial charge is 0.384 e. The summed E-state index contributed by atoms with van der Waals surface area (Å²) in [6.07, 6.45) is 2.50. The van der Waals surface area contributed by atoms with Crippen LogP contribution >= 0.6 is 0 Å². The van der Waals surface area contributed by atoms with Gasteiger partial charge < -0.3 is 5.73 Å². The number of nitrogens with one attached hydrogen (secondary N) is 1. The van der Waals surface area contributed by atoms with Gasteiger partial charge in [0.05, 0.1) is 0 Å². The number of aromatic nitrogens is 1. The van der Waals surface area contributed by atoms with Crippen molar-refractivity contribution in [1.29, 1.82) is 0 Å². The second kappa shape index (κ2) is 5.43. The van der Waals surface area contributed by atoms with Gasteiger partial charge in [0, 0.05) is 12.2 Å². The van der Waals surface area contributed by atoms with Crippen LogP contribution in [0.3, 0.4) is 0 Å². The fourth-order valence-corrected chi connectivity index (χ4v) is 1.82. The van der Waals surface area contributed by atoms with E-state index in [9.17, 15) is 0 Å². The number of nitrogen functional groups attached to an aromatic ring is 1. The number of anilines is 1. The average molecular weight is 228 g/mol. The summed E-state index contributed by atoms with van der Waals surface area (Å²) < 4.78 is 0. The summed E-state index contributed by atoms with van der Waals surface area (Å²) in [6.45, 7) is 0. The molecule has 0 saturated heterocycles. The summed E-state index contributed by atoms with van der Waals surface area (Å²) in [5, 5.41) is 0. The van der Waals surface area contributed by atoms with E-state index >= 15 is 0 Å². The van der Waals surface area contributed by atoms with Gasteiger partial charge in [-0.2, -0.15) is 0 Å². The molecule has 0 aliphatic rings. The number of rotatable bonds is 4. The van der Waals surface area contributed by atoms with E-state index in [0.717, 1.165) is 17.5 Å². The third kappa shape index (κ3) is 3.03. The summed E-state index contributed by atoms with van der Waals surface area (Å²) in [6, 6.07) is 14.0. The number of pyridine rings is 1. The molecule has 0 saturated carbocycles. The van der Waals surface area contributed by atoms with Gasteiger partial charge in [-0.1, -0.05) is 30.3 Å². The van der Waals surface area contributed by atoms with Gasteiger partial charge in [-0.25, -0.2) is 4.98 Å². The molecular formula is C13H16N4. The quantitative estimate of drug-likeness (QED) is 0.546. The fourth-order valence-electron chi connectivity index (χ4n) is 1.82. The predicted octanol–water partition coefficient (Wildman–Crippen LogP) is 1.41. The highest BCUT2D eigenvalue weighted by molar-refractivity contribution is 5.33. The highest BCUT2D eigenvalue weighted by atomic mass is 15.2. The Labute approximate surface area is 101 Å². The minimum Gasteiger partial charge on any atom is -0.384 e. The molecule has 2 rings (SSSR count). The third-order valence-corrected chi connectivity index (χ3v) is 2.69. The molecule has 88 valence electrons. The summed E-state index contributed by atoms with van der Waals surface area (Å²) in [5.41, 5.74) is 10.7. The minimum atomic E-state index is 0.0815. The maximum atomic E-state index is 5.65. The molecule has 1 aromatic heterocycles. The van der Waals surface area contributed by atoms with Crippen LogP contribution in [0.4, 0.5) is 5.82 Å². The van der Waals surface area contributed by atoms with Crippen molar-refractivity contribution >= 4 is 5.82 Å². The van der Waals surface area contributed by atoms with Crippen molar-refractivity contribution < 1.29 is 0 Å². The molecule has 0 amide bonds. The first-order valence-electron chi connectivity index (χ1n) is 5.51. The zero-order valence-corrected chi connectivity index (χ0v) is 9.51. The van der Waals surface area contributed by atoms with E-state index in [1.54, 1.807) is 6.20 Å². The van der Waals surface area contributed by atoms with E-state index in [0.29, 0.717) is 5.82 Å². The van der Waals surface area contributed by atoms with Crippen LogP contribution in [0.25, 0.3) is 0 Å². The Morgan fingerprint density at radius 1 is 1.18 bits per heavy atom. The number of hydrazine groups is 1. The molecule has 17 heavy (non-hydrogen) atoms. The van der Waals surface area contributed by atoms with Crippen molar-refractivity contribution in [2.24, 2.45) is 5.84 Å². The highest BCUT2D eigenvalue weighted by Crippen LogP contribution is 2.17. The van der Waals surface area contributed by atoms with E-state index in [1.807, 2.05) is 30.3 Å². The Balaban J connectivity index is 2.16. The Hall–Kier alpha value is -1.91. The molecule has 1 aromatic carbocycles. The third-order valence-electron chi connectivity index (χ3n) is 2.69. The van der Waals surface area contributed by atoms with Crippen LogP contribution in [-0.4, -0.2) is 4.98 Å². The van der Waals surface area contributed by atoms with E-state index in [-0.39, 0.29) is 6.04 Å². The van der Waals surface area contributed by atoms with Crippen LogP contribution in [0.5, 0.6) is 0 Å². The Morgan fingerprint density at radius 3 is 2.59 bits per heavy atom. The van der Waals surface area contributed by atoms with Crippen LogP contribution in [0.15, 0.2) is 48.7 Å². The van der Waals surface area contributed by atoms with Crippen LogP contribution in [0.1, 0.15) is 17.2 Å². The first-order chi connectivity index (χ1) is 8.29. The lowest BCUT2D eigenvalue weighted by molar-refractivity contribution is 0.552. The van der Waals surface area contributed by atoms with Crippen molar-refractivity contribution in [1.82, 2.24) is 10.4 Å². The minimum absolute atomic E-state index is 0.0815. The summed E-state index contributed by atoms with van der Waals surface area (Å²) >= 11 is 0. The van der Waals surface area contributed by atoms with E-state index in [1.165, 1.54) is 0 Å². The molecule has 2 aromatic rings. The van der Waals surface area contributed by atoms with Gasteiger partial charge in [0.1, 0.15) is 5.82 Å². The zero-order valence-electron chi connectivity index (χ0n) is 9.51. The normalized spacial score (nSPS) is 12.3. The smallest absolute Gasteiger partial charge is 0.123 e. The number of benzene rings is 1. The number of nitrogens with zero attached hydrogens (tertiary/aromatic N) is 1. The highest BCUT2D eigenvalue weighted by Gasteiger charge is 2.10. The molecule has 1 unspecified atom stereocenters. The van der Waals surface area contributed by atoms with Crippen molar-refractivity contribution in [3.63, 3.8) is 0 Å². The van der Waals surface area contributed by atoms with Crippen LogP contribution in [0, 0.1) is 0 Å². The van der Waals surface area contributed by atoms with Crippen LogP contribution in [0.2, 0.25) is 0 Å². The second-order valence-electron chi connectivity index (χ2n) is 3.92. The van der Waals surface area contributed by atoms with Gasteiger partial charge >= 0.3 is 0 Å². The van der Waals surface area contributed by atoms with Gasteiger partial charge in [-0.3, -0.25) is 11.3 Å². The molecule has 0 fully saturated rings. The Kier molecular flexibility index (Phi) is 3.69. The second-order valence-corrected chi connectivity index (χ2v) is 3.92. The van der Waals surface area contributed by atoms with Crippen molar-refractivity contribution in [2.75, 3.05) is 5.73 Å². The van der Waals surface area contributed by atoms with E-state index < -0.39 is 0 Å². The number of hydrogen-bond acceptors (Lipinski definition) is 4. The van der Waals surface area contributed by atoms with Crippen molar-refractivity contribution in [3.05, 3.63) is 59.8 Å². The lowest BCUT2D eigenvalue weighted by Crippen LogP contribution is -2.29. The maximum Gasteiger partial charge on any atom is 0.123 e. The topological polar surface area (TPSA) is 77.0 Å². The zero-order chi connectivity index (χ0) is 12.1. The maximum absolute atomic E-state index is 5.65. The Bertz CT molecular complexity index is 470. The SMILES string of the molecule is NNC(Cc1ccnc(N)c1)c1ccccc1. The van der Waals surface area contributed by atoms with E-state index in [4.69, 9.17) is 11.6 Å². The molecule has 4 heteroatoms. The molecule has 0 aliphatic heterocycles.